The Kier molecular flexibility index (Phi) is 4.45. The Bertz CT molecular complexity index is 217. The highest BCUT2D eigenvalue weighted by Crippen LogP contribution is 2.46. The largest absolute Gasteiger partial charge is 0.390 e. The van der Waals surface area contributed by atoms with Gasteiger partial charge in [-0.15, -0.1) is 0 Å². The van der Waals surface area contributed by atoms with Crippen molar-refractivity contribution in [1.82, 2.24) is 0 Å². The summed E-state index contributed by atoms with van der Waals surface area (Å²) in [6.07, 6.45) is 6.76. The third-order valence-electron chi connectivity index (χ3n) is 4.81. The number of rotatable bonds is 4. The highest BCUT2D eigenvalue weighted by Gasteiger charge is 2.42. The summed E-state index contributed by atoms with van der Waals surface area (Å²) in [5.74, 6) is 1.16. The fourth-order valence-electron chi connectivity index (χ4n) is 3.30. The topological polar surface area (TPSA) is 20.2 Å². The van der Waals surface area contributed by atoms with Gasteiger partial charge >= 0.3 is 0 Å². The zero-order valence-corrected chi connectivity index (χ0v) is 11.8. The van der Waals surface area contributed by atoms with Crippen molar-refractivity contribution in [2.75, 3.05) is 0 Å². The van der Waals surface area contributed by atoms with Gasteiger partial charge in [0.1, 0.15) is 0 Å². The van der Waals surface area contributed by atoms with E-state index in [-0.39, 0.29) is 5.60 Å². The molecule has 1 saturated carbocycles. The van der Waals surface area contributed by atoms with Gasteiger partial charge in [-0.1, -0.05) is 47.5 Å². The van der Waals surface area contributed by atoms with Crippen molar-refractivity contribution < 1.29 is 5.11 Å². The molecule has 0 aliphatic heterocycles. The molecule has 0 bridgehead atoms. The van der Waals surface area contributed by atoms with E-state index in [1.165, 1.54) is 25.7 Å². The van der Waals surface area contributed by atoms with E-state index in [9.17, 15) is 5.11 Å². The lowest BCUT2D eigenvalue weighted by atomic mass is 9.63. The minimum atomic E-state index is -0.383. The molecule has 0 amide bonds. The Morgan fingerprint density at radius 3 is 2.19 bits per heavy atom. The molecule has 0 radical (unpaired) electrons. The molecule has 0 aromatic heterocycles. The predicted octanol–water partition coefficient (Wildman–Crippen LogP) is 4.39. The Labute approximate surface area is 102 Å². The summed E-state index contributed by atoms with van der Waals surface area (Å²) < 4.78 is 0. The summed E-state index contributed by atoms with van der Waals surface area (Å²) in [5, 5.41) is 10.8. The van der Waals surface area contributed by atoms with Crippen LogP contribution in [0.4, 0.5) is 0 Å². The van der Waals surface area contributed by atoms with Gasteiger partial charge in [-0.2, -0.15) is 0 Å². The van der Waals surface area contributed by atoms with E-state index in [1.54, 1.807) is 0 Å². The zero-order chi connectivity index (χ0) is 12.4. The Morgan fingerprint density at radius 1 is 1.19 bits per heavy atom. The van der Waals surface area contributed by atoms with Crippen LogP contribution in [-0.2, 0) is 0 Å². The smallest absolute Gasteiger partial charge is 0.0676 e. The summed E-state index contributed by atoms with van der Waals surface area (Å²) in [6, 6.07) is 0. The molecular weight excluding hydrogens is 196 g/mol. The predicted molar refractivity (Wildman–Crippen MR) is 70.4 cm³/mol. The van der Waals surface area contributed by atoms with Crippen molar-refractivity contribution in [3.8, 4) is 0 Å². The summed E-state index contributed by atoms with van der Waals surface area (Å²) in [5.41, 5.74) is 0.0474. The summed E-state index contributed by atoms with van der Waals surface area (Å²) in [4.78, 5) is 0. The molecular formula is C15H30O. The lowest BCUT2D eigenvalue weighted by Gasteiger charge is -2.46. The maximum Gasteiger partial charge on any atom is 0.0676 e. The van der Waals surface area contributed by atoms with Gasteiger partial charge < -0.3 is 5.11 Å². The van der Waals surface area contributed by atoms with Crippen molar-refractivity contribution in [2.24, 2.45) is 17.3 Å². The molecule has 1 aliphatic rings. The van der Waals surface area contributed by atoms with Crippen LogP contribution >= 0.6 is 0 Å². The van der Waals surface area contributed by atoms with Crippen LogP contribution in [0.15, 0.2) is 0 Å². The van der Waals surface area contributed by atoms with Crippen LogP contribution in [-0.4, -0.2) is 10.7 Å². The second-order valence-electron chi connectivity index (χ2n) is 6.76. The van der Waals surface area contributed by atoms with Gasteiger partial charge in [-0.25, -0.2) is 0 Å². The molecule has 1 nitrogen and oxygen atoms in total. The summed E-state index contributed by atoms with van der Waals surface area (Å²) >= 11 is 0. The summed E-state index contributed by atoms with van der Waals surface area (Å²) in [7, 11) is 0. The van der Waals surface area contributed by atoms with Gasteiger partial charge in [0, 0.05) is 0 Å². The molecule has 1 N–H and O–H groups in total. The number of hydrogen-bond acceptors (Lipinski definition) is 1. The molecule has 1 rings (SSSR count). The normalized spacial score (nSPS) is 34.3. The van der Waals surface area contributed by atoms with Gasteiger partial charge in [-0.05, 0) is 42.9 Å². The van der Waals surface area contributed by atoms with Crippen LogP contribution in [0, 0.1) is 17.3 Å². The average molecular weight is 226 g/mol. The number of hydrogen-bond donors (Lipinski definition) is 1. The van der Waals surface area contributed by atoms with Crippen LogP contribution in [0.2, 0.25) is 0 Å². The molecule has 0 aromatic carbocycles. The Morgan fingerprint density at radius 2 is 1.75 bits per heavy atom. The maximum absolute atomic E-state index is 10.8. The van der Waals surface area contributed by atoms with Gasteiger partial charge in [0.25, 0.3) is 0 Å². The SMILES string of the molecule is CCC(CC)CC1(O)CCC(C)(C)CC1C. The molecule has 0 heterocycles. The third-order valence-corrected chi connectivity index (χ3v) is 4.81. The lowest BCUT2D eigenvalue weighted by Crippen LogP contribution is -2.45. The molecule has 0 spiro atoms. The maximum atomic E-state index is 10.8. The van der Waals surface area contributed by atoms with E-state index in [0.717, 1.165) is 12.8 Å². The molecule has 1 fully saturated rings. The van der Waals surface area contributed by atoms with Crippen LogP contribution in [0.1, 0.15) is 73.1 Å². The molecule has 2 atom stereocenters. The van der Waals surface area contributed by atoms with Crippen molar-refractivity contribution in [3.63, 3.8) is 0 Å². The first kappa shape index (κ1) is 14.0. The van der Waals surface area contributed by atoms with Crippen LogP contribution in [0.5, 0.6) is 0 Å². The Hall–Kier alpha value is -0.0400. The standard InChI is InChI=1S/C15H30O/c1-6-13(7-2)11-15(16)9-8-14(4,5)10-12(15)3/h12-13,16H,6-11H2,1-5H3. The van der Waals surface area contributed by atoms with E-state index in [0.29, 0.717) is 17.3 Å². The monoisotopic (exact) mass is 226 g/mol. The van der Waals surface area contributed by atoms with Gasteiger partial charge in [0.2, 0.25) is 0 Å². The number of aliphatic hydroxyl groups is 1. The van der Waals surface area contributed by atoms with Crippen LogP contribution in [0.3, 0.4) is 0 Å². The fraction of sp³-hybridized carbons (Fsp3) is 1.00. The van der Waals surface area contributed by atoms with Crippen molar-refractivity contribution in [1.29, 1.82) is 0 Å². The second-order valence-corrected chi connectivity index (χ2v) is 6.76. The highest BCUT2D eigenvalue weighted by atomic mass is 16.3. The van der Waals surface area contributed by atoms with Crippen molar-refractivity contribution in [3.05, 3.63) is 0 Å². The van der Waals surface area contributed by atoms with E-state index in [1.807, 2.05) is 0 Å². The zero-order valence-electron chi connectivity index (χ0n) is 11.8. The fourth-order valence-corrected chi connectivity index (χ4v) is 3.30. The first-order chi connectivity index (χ1) is 7.33. The molecule has 1 heteroatoms. The third kappa shape index (κ3) is 3.23. The van der Waals surface area contributed by atoms with Crippen molar-refractivity contribution >= 4 is 0 Å². The average Bonchev–Trinajstić information content (AvgIpc) is 2.21. The van der Waals surface area contributed by atoms with Crippen LogP contribution < -0.4 is 0 Å². The Balaban J connectivity index is 2.64. The van der Waals surface area contributed by atoms with Gasteiger partial charge in [0.05, 0.1) is 5.60 Å². The second kappa shape index (κ2) is 5.08. The first-order valence-corrected chi connectivity index (χ1v) is 7.05. The minimum Gasteiger partial charge on any atom is -0.390 e. The minimum absolute atomic E-state index is 0.383. The van der Waals surface area contributed by atoms with Crippen LogP contribution in [0.25, 0.3) is 0 Å². The molecule has 96 valence electrons. The molecule has 2 unspecified atom stereocenters. The summed E-state index contributed by atoms with van der Waals surface area (Å²) in [6.45, 7) is 11.4. The molecule has 0 aromatic rings. The quantitative estimate of drug-likeness (QED) is 0.753. The molecule has 1 aliphatic carbocycles. The van der Waals surface area contributed by atoms with Gasteiger partial charge in [0.15, 0.2) is 0 Å². The van der Waals surface area contributed by atoms with E-state index < -0.39 is 0 Å². The van der Waals surface area contributed by atoms with E-state index >= 15 is 0 Å². The van der Waals surface area contributed by atoms with Gasteiger partial charge in [-0.3, -0.25) is 0 Å². The lowest BCUT2D eigenvalue weighted by molar-refractivity contribution is -0.0868. The molecule has 16 heavy (non-hydrogen) atoms. The van der Waals surface area contributed by atoms with E-state index in [2.05, 4.69) is 34.6 Å². The first-order valence-electron chi connectivity index (χ1n) is 7.05. The molecule has 0 saturated heterocycles. The van der Waals surface area contributed by atoms with Crippen molar-refractivity contribution in [2.45, 2.75) is 78.7 Å². The van der Waals surface area contributed by atoms with E-state index in [4.69, 9.17) is 0 Å². The highest BCUT2D eigenvalue weighted by molar-refractivity contribution is 4.94.